The average Bonchev–Trinajstić information content (AvgIpc) is 1.86. The van der Waals surface area contributed by atoms with E-state index in [0.29, 0.717) is 0 Å². The minimum atomic E-state index is -0.514. The van der Waals surface area contributed by atoms with Crippen LogP contribution in [0.15, 0.2) is 5.38 Å². The van der Waals surface area contributed by atoms with E-state index in [1.165, 1.54) is 5.38 Å². The molecule has 0 N–H and O–H groups in total. The predicted octanol–water partition coefficient (Wildman–Crippen LogP) is 1.08. The molecule has 0 spiro atoms. The summed E-state index contributed by atoms with van der Waals surface area (Å²) in [4.78, 5) is 0. The Kier molecular flexibility index (Phi) is 0.837. The zero-order valence-corrected chi connectivity index (χ0v) is 3.63. The molecule has 0 saturated heterocycles. The molecule has 1 aromatic heterocycles. The zero-order chi connectivity index (χ0) is 4.41. The van der Waals surface area contributed by atoms with Crippen molar-refractivity contribution in [3.05, 3.63) is 17.4 Å². The maximum Gasteiger partial charge on any atom is 0.232 e. The Morgan fingerprint density at radius 1 is 2.00 bits per heavy atom. The van der Waals surface area contributed by atoms with Crippen molar-refractivity contribution in [1.82, 2.24) is 4.37 Å². The highest BCUT2D eigenvalue weighted by atomic mass is 32.1. The lowest BCUT2D eigenvalue weighted by Crippen LogP contribution is -1.60. The van der Waals surface area contributed by atoms with Crippen LogP contribution in [0, 0.1) is 12.0 Å². The lowest BCUT2D eigenvalue weighted by atomic mass is 10.8. The summed E-state index contributed by atoms with van der Waals surface area (Å²) in [5, 5.41) is 1.47. The molecule has 0 fully saturated rings. The minimum absolute atomic E-state index is 0.514. The molecular weight excluding hydrogens is 101 g/mol. The van der Waals surface area contributed by atoms with Crippen LogP contribution < -0.4 is 0 Å². The number of rotatable bonds is 0. The van der Waals surface area contributed by atoms with Gasteiger partial charge in [-0.2, -0.15) is 8.76 Å². The first-order chi connectivity index (χ1) is 2.89. The Balaban J connectivity index is 3.05. The van der Waals surface area contributed by atoms with Gasteiger partial charge in [0.1, 0.15) is 0 Å². The van der Waals surface area contributed by atoms with Crippen molar-refractivity contribution >= 4 is 11.5 Å². The van der Waals surface area contributed by atoms with E-state index in [-0.39, 0.29) is 0 Å². The van der Waals surface area contributed by atoms with Gasteiger partial charge in [-0.05, 0) is 11.5 Å². The van der Waals surface area contributed by atoms with Gasteiger partial charge in [-0.1, -0.05) is 0 Å². The summed E-state index contributed by atoms with van der Waals surface area (Å²) in [6.45, 7) is 0. The highest BCUT2D eigenvalue weighted by molar-refractivity contribution is 7.03. The van der Waals surface area contributed by atoms with E-state index in [1.54, 1.807) is 0 Å². The first kappa shape index (κ1) is 3.74. The van der Waals surface area contributed by atoms with Crippen molar-refractivity contribution in [2.75, 3.05) is 0 Å². The molecule has 0 aliphatic carbocycles. The monoisotopic (exact) mass is 102 g/mol. The van der Waals surface area contributed by atoms with Crippen molar-refractivity contribution < 1.29 is 4.39 Å². The van der Waals surface area contributed by atoms with Gasteiger partial charge in [0, 0.05) is 5.38 Å². The van der Waals surface area contributed by atoms with E-state index in [0.717, 1.165) is 11.5 Å². The van der Waals surface area contributed by atoms with Crippen LogP contribution in [0.5, 0.6) is 0 Å². The van der Waals surface area contributed by atoms with Crippen LogP contribution in [0.25, 0.3) is 0 Å². The summed E-state index contributed by atoms with van der Waals surface area (Å²) in [6.07, 6.45) is 0. The van der Waals surface area contributed by atoms with Gasteiger partial charge in [-0.15, -0.1) is 0 Å². The Bertz CT molecular complexity index is 114. The van der Waals surface area contributed by atoms with Crippen LogP contribution in [0.4, 0.5) is 4.39 Å². The molecule has 3 heteroatoms. The Hall–Kier alpha value is -0.440. The van der Waals surface area contributed by atoms with Gasteiger partial charge in [-0.25, -0.2) is 0 Å². The van der Waals surface area contributed by atoms with E-state index in [4.69, 9.17) is 0 Å². The molecule has 0 unspecified atom stereocenters. The molecule has 0 saturated carbocycles. The molecule has 1 radical (unpaired) electrons. The summed E-state index contributed by atoms with van der Waals surface area (Å²) in [5.74, 6) is -0.514. The Labute approximate surface area is 38.6 Å². The molecule has 1 heterocycles. The van der Waals surface area contributed by atoms with Crippen LogP contribution in [-0.4, -0.2) is 4.37 Å². The van der Waals surface area contributed by atoms with Crippen molar-refractivity contribution in [2.24, 2.45) is 0 Å². The first-order valence-electron chi connectivity index (χ1n) is 1.37. The second-order valence-electron chi connectivity index (χ2n) is 0.750. The molecule has 0 amide bonds. The van der Waals surface area contributed by atoms with Gasteiger partial charge >= 0.3 is 0 Å². The molecule has 6 heavy (non-hydrogen) atoms. The van der Waals surface area contributed by atoms with Crippen molar-refractivity contribution in [2.45, 2.75) is 0 Å². The minimum Gasteiger partial charge on any atom is -0.183 e. The normalized spacial score (nSPS) is 8.83. The largest absolute Gasteiger partial charge is 0.232 e. The van der Waals surface area contributed by atoms with Crippen molar-refractivity contribution in [3.63, 3.8) is 0 Å². The fourth-order valence-electron chi connectivity index (χ4n) is 0.174. The predicted molar refractivity (Wildman–Crippen MR) is 20.9 cm³/mol. The lowest BCUT2D eigenvalue weighted by molar-refractivity contribution is 0.596. The molecule has 0 aliphatic rings. The van der Waals surface area contributed by atoms with Gasteiger partial charge in [-0.3, -0.25) is 0 Å². The van der Waals surface area contributed by atoms with Gasteiger partial charge in [0.2, 0.25) is 5.95 Å². The maximum absolute atomic E-state index is 11.5. The van der Waals surface area contributed by atoms with E-state index in [1.807, 2.05) is 0 Å². The molecule has 0 bridgehead atoms. The summed E-state index contributed by atoms with van der Waals surface area (Å²) >= 11 is 1.06. The van der Waals surface area contributed by atoms with Crippen LogP contribution in [0.1, 0.15) is 0 Å². The van der Waals surface area contributed by atoms with Crippen molar-refractivity contribution in [3.8, 4) is 0 Å². The SMILES string of the molecule is Fc1[c]csn1. The topological polar surface area (TPSA) is 12.9 Å². The van der Waals surface area contributed by atoms with E-state index < -0.39 is 5.95 Å². The molecule has 0 atom stereocenters. The molecule has 0 aromatic carbocycles. The van der Waals surface area contributed by atoms with Gasteiger partial charge in [0.05, 0.1) is 6.07 Å². The van der Waals surface area contributed by atoms with Crippen LogP contribution >= 0.6 is 11.5 Å². The highest BCUT2D eigenvalue weighted by Crippen LogP contribution is 1.92. The second kappa shape index (κ2) is 1.34. The number of aromatic nitrogens is 1. The third-order valence-corrected chi connectivity index (χ3v) is 0.853. The fourth-order valence-corrected chi connectivity index (χ4v) is 0.522. The number of hydrogen-bond acceptors (Lipinski definition) is 2. The van der Waals surface area contributed by atoms with E-state index >= 15 is 0 Å². The average molecular weight is 102 g/mol. The number of hydrogen-bond donors (Lipinski definition) is 0. The van der Waals surface area contributed by atoms with E-state index in [9.17, 15) is 4.39 Å². The molecular formula is C3HFNS. The van der Waals surface area contributed by atoms with E-state index in [2.05, 4.69) is 10.4 Å². The quantitative estimate of drug-likeness (QED) is 0.477. The number of nitrogens with zero attached hydrogens (tertiary/aromatic N) is 1. The van der Waals surface area contributed by atoms with Gasteiger partial charge in [0.15, 0.2) is 0 Å². The molecule has 0 aliphatic heterocycles. The summed E-state index contributed by atoms with van der Waals surface area (Å²) in [7, 11) is 0. The Morgan fingerprint density at radius 3 is 3.00 bits per heavy atom. The molecule has 31 valence electrons. The second-order valence-corrected chi connectivity index (χ2v) is 1.38. The lowest BCUT2D eigenvalue weighted by Gasteiger charge is -1.58. The summed E-state index contributed by atoms with van der Waals surface area (Å²) < 4.78 is 14.7. The van der Waals surface area contributed by atoms with Crippen LogP contribution in [0.2, 0.25) is 0 Å². The summed E-state index contributed by atoms with van der Waals surface area (Å²) in [5.41, 5.74) is 0. The molecule has 1 nitrogen and oxygen atoms in total. The third kappa shape index (κ3) is 0.542. The van der Waals surface area contributed by atoms with Crippen LogP contribution in [0.3, 0.4) is 0 Å². The summed E-state index contributed by atoms with van der Waals surface area (Å²) in [6, 6.07) is 2.24. The molecule has 1 aromatic rings. The highest BCUT2D eigenvalue weighted by Gasteiger charge is 1.83. The van der Waals surface area contributed by atoms with Gasteiger partial charge < -0.3 is 0 Å². The fraction of sp³-hybridized carbons (Fsp3) is 0. The van der Waals surface area contributed by atoms with Gasteiger partial charge in [0.25, 0.3) is 0 Å². The maximum atomic E-state index is 11.5. The smallest absolute Gasteiger partial charge is 0.183 e. The van der Waals surface area contributed by atoms with Crippen molar-refractivity contribution in [1.29, 1.82) is 0 Å². The van der Waals surface area contributed by atoms with Crippen LogP contribution in [-0.2, 0) is 0 Å². The number of halogens is 1. The first-order valence-corrected chi connectivity index (χ1v) is 2.21. The Morgan fingerprint density at radius 2 is 2.83 bits per heavy atom. The zero-order valence-electron chi connectivity index (χ0n) is 2.81. The third-order valence-electron chi connectivity index (χ3n) is 0.364. The molecule has 1 rings (SSSR count). The standard InChI is InChI=1S/C3HFNS/c4-3-1-2-6-5-3/h2H.